The summed E-state index contributed by atoms with van der Waals surface area (Å²) in [5, 5.41) is 0. The molecule has 0 nitrogen and oxygen atoms in total. The first-order chi connectivity index (χ1) is 43.7. The number of hydrogen-bond acceptors (Lipinski definition) is 0. The quantitative estimate of drug-likeness (QED) is 0.213. The molecule has 5 aliphatic rings. The molecule has 0 saturated heterocycles. The molecule has 3 atom stereocenters. The van der Waals surface area contributed by atoms with Gasteiger partial charge in [-0.05, 0) is 184 Å². The lowest BCUT2D eigenvalue weighted by molar-refractivity contribution is -0.170. The van der Waals surface area contributed by atoms with Crippen LogP contribution in [0.5, 0.6) is 0 Å². The summed E-state index contributed by atoms with van der Waals surface area (Å²) >= 11 is 0. The van der Waals surface area contributed by atoms with Gasteiger partial charge in [0.25, 0.3) is 0 Å². The van der Waals surface area contributed by atoms with Crippen molar-refractivity contribution in [3.05, 3.63) is 0 Å². The van der Waals surface area contributed by atoms with E-state index in [9.17, 15) is 65.9 Å². The molecule has 98 heavy (non-hydrogen) atoms. The molecule has 15 heteroatoms. The van der Waals surface area contributed by atoms with Gasteiger partial charge in [-0.25, -0.2) is 13.2 Å². The molecular weight excluding hydrogens is 1280 g/mol. The van der Waals surface area contributed by atoms with Crippen LogP contribution in [-0.2, 0) is 0 Å². The van der Waals surface area contributed by atoms with Crippen LogP contribution in [0.15, 0.2) is 0 Å². The minimum atomic E-state index is -4.00. The summed E-state index contributed by atoms with van der Waals surface area (Å²) in [6.07, 6.45) is 11.9. The zero-order valence-electron chi connectivity index (χ0n) is 70.7. The Labute approximate surface area is 600 Å². The fourth-order valence-corrected chi connectivity index (χ4v) is 11.3. The predicted molar refractivity (Wildman–Crippen MR) is 401 cm³/mol. The van der Waals surface area contributed by atoms with E-state index in [0.717, 1.165) is 42.9 Å². The van der Waals surface area contributed by atoms with Crippen molar-refractivity contribution in [3.63, 3.8) is 0 Å². The molecule has 0 aromatic heterocycles. The number of rotatable bonds is 8. The van der Waals surface area contributed by atoms with Crippen molar-refractivity contribution in [2.75, 3.05) is 0 Å². The van der Waals surface area contributed by atoms with Crippen molar-refractivity contribution in [1.29, 1.82) is 0 Å². The van der Waals surface area contributed by atoms with E-state index < -0.39 is 61.0 Å². The molecule has 0 bridgehead atoms. The molecule has 5 aliphatic carbocycles. The average molecular weight is 1450 g/mol. The fourth-order valence-electron chi connectivity index (χ4n) is 11.3. The fraction of sp³-hybridized carbons (Fsp3) is 1.00. The summed E-state index contributed by atoms with van der Waals surface area (Å²) in [5.74, 6) is -0.925. The van der Waals surface area contributed by atoms with Crippen LogP contribution in [0.4, 0.5) is 65.9 Å². The average Bonchev–Trinajstić information content (AvgIpc) is 0.773. The summed E-state index contributed by atoms with van der Waals surface area (Å²) in [6.45, 7) is 69.0. The summed E-state index contributed by atoms with van der Waals surface area (Å²) in [7, 11) is 0. The zero-order chi connectivity index (χ0) is 80.0. The Hall–Kier alpha value is -1.05. The third kappa shape index (κ3) is 79.1. The van der Waals surface area contributed by atoms with E-state index in [2.05, 4.69) is 138 Å². The highest BCUT2D eigenvalue weighted by molar-refractivity contribution is 4.99. The summed E-state index contributed by atoms with van der Waals surface area (Å²) in [6, 6.07) is 0. The molecule has 5 saturated carbocycles. The molecular formula is C83H167F15. The Morgan fingerprint density at radius 3 is 0.765 bits per heavy atom. The van der Waals surface area contributed by atoms with Crippen molar-refractivity contribution in [2.45, 2.75) is 451 Å². The van der Waals surface area contributed by atoms with Crippen LogP contribution < -0.4 is 0 Å². The largest absolute Gasteiger partial charge is 0.391 e. The Balaban J connectivity index is -0.000000154. The Morgan fingerprint density at radius 1 is 0.367 bits per heavy atom. The van der Waals surface area contributed by atoms with Gasteiger partial charge in [-0.2, -0.15) is 52.7 Å². The van der Waals surface area contributed by atoms with Gasteiger partial charge in [-0.1, -0.05) is 280 Å². The normalized spacial score (nSPS) is 20.2. The van der Waals surface area contributed by atoms with Crippen LogP contribution >= 0.6 is 0 Å². The van der Waals surface area contributed by atoms with Gasteiger partial charge < -0.3 is 0 Å². The highest BCUT2D eigenvalue weighted by atomic mass is 19.4. The summed E-state index contributed by atoms with van der Waals surface area (Å²) in [4.78, 5) is 0. The lowest BCUT2D eigenvalue weighted by Crippen LogP contribution is -2.43. The number of halogens is 15. The first kappa shape index (κ1) is 113. The maximum absolute atomic E-state index is 12.5. The van der Waals surface area contributed by atoms with Crippen LogP contribution in [0.3, 0.4) is 0 Å². The summed E-state index contributed by atoms with van der Waals surface area (Å²) in [5.41, 5.74) is 2.87. The molecule has 604 valence electrons. The Morgan fingerprint density at radius 2 is 0.612 bits per heavy atom. The lowest BCUT2D eigenvalue weighted by atomic mass is 9.51. The third-order valence-electron chi connectivity index (χ3n) is 18.7. The monoisotopic (exact) mass is 1450 g/mol. The molecule has 0 N–H and O–H groups in total. The molecule has 0 radical (unpaired) electrons. The number of hydrogen-bond donors (Lipinski definition) is 0. The smallest absolute Gasteiger partial charge is 0.244 e. The van der Waals surface area contributed by atoms with E-state index in [1.807, 2.05) is 34.6 Å². The van der Waals surface area contributed by atoms with Crippen molar-refractivity contribution < 1.29 is 65.9 Å². The van der Waals surface area contributed by atoms with Gasteiger partial charge in [0.15, 0.2) is 0 Å². The van der Waals surface area contributed by atoms with Gasteiger partial charge in [0.1, 0.15) is 5.67 Å². The van der Waals surface area contributed by atoms with E-state index in [1.54, 1.807) is 34.6 Å². The molecule has 5 rings (SSSR count). The van der Waals surface area contributed by atoms with E-state index in [4.69, 9.17) is 0 Å². The van der Waals surface area contributed by atoms with Crippen LogP contribution in [0, 0.1) is 85.8 Å². The van der Waals surface area contributed by atoms with Crippen molar-refractivity contribution in [2.24, 2.45) is 85.8 Å². The van der Waals surface area contributed by atoms with Crippen LogP contribution in [0.2, 0.25) is 0 Å². The second-order valence-corrected chi connectivity index (χ2v) is 36.0. The molecule has 0 amide bonds. The molecule has 0 heterocycles. The third-order valence-corrected chi connectivity index (χ3v) is 18.7. The van der Waals surface area contributed by atoms with E-state index in [-0.39, 0.29) is 31.1 Å². The first-order valence-corrected chi connectivity index (χ1v) is 39.0. The van der Waals surface area contributed by atoms with Gasteiger partial charge in [-0.15, -0.1) is 0 Å². The molecule has 5 fully saturated rings. The molecule has 0 aromatic carbocycles. The van der Waals surface area contributed by atoms with E-state index >= 15 is 0 Å². The minimum Gasteiger partial charge on any atom is -0.244 e. The van der Waals surface area contributed by atoms with Crippen molar-refractivity contribution in [3.8, 4) is 0 Å². The summed E-state index contributed by atoms with van der Waals surface area (Å²) < 4.78 is 174. The second-order valence-electron chi connectivity index (χ2n) is 36.0. The van der Waals surface area contributed by atoms with Crippen molar-refractivity contribution >= 4 is 0 Å². The van der Waals surface area contributed by atoms with Crippen LogP contribution in [-0.4, -0.2) is 36.3 Å². The molecule has 0 aliphatic heterocycles. The maximum Gasteiger partial charge on any atom is 0.391 e. The standard InChI is InChI=1S/C16H30.C14H26.C7H12F2.2C6H11F3.C6H13F.C5H9F3.2C5H12.C4H7F3.C4H10.C3H8.C2H6/c1-13-6-8-16(9-7-13)11-14(2,3)10-15(4,5)12-16;1-12-4-6-14(7-5-12)10-8-13(2,3)9-11-14;1-6-2-4-7(8,9)5-3-6;2*1-3-5(2)4-6(7,8)9;1-4-6(3,7)5-2;1-3-4(2)5(6,7)8;1-5(2,3)4;1-4-5(2)3;1-3(2)4(5,6)7;1-4(2)3;1-3-2;1-2/h13H,6-12H2,1-5H3;12H,4-11H2,1-3H3;6H,2-5H2,1H3;2*5H,3-4H2,1-2H3;4-5H2,1-3H3;4H,3H2,1-2H3;1-4H3;5H,4H2,1-3H3;3H,1-2H3;4H,1-3H3;3H2,1-2H3;1-2H3/t;;;2*5-;;;;;;;;/m...00......../s1. The zero-order valence-corrected chi connectivity index (χ0v) is 70.7. The second kappa shape index (κ2) is 54.5. The van der Waals surface area contributed by atoms with Crippen LogP contribution in [0.25, 0.3) is 0 Å². The predicted octanol–water partition coefficient (Wildman–Crippen LogP) is 34.5. The highest BCUT2D eigenvalue weighted by Gasteiger charge is 2.48. The first-order valence-electron chi connectivity index (χ1n) is 39.0. The van der Waals surface area contributed by atoms with Gasteiger partial charge in [0.05, 0.1) is 5.92 Å². The SMILES string of the molecule is CC.CC(C)(C)C.CC(C)C.CC(C)C(F)(F)F.CC1CCC(F)(F)CC1.CC1CCC2(CC1)CC(C)(C)CC(C)(C)C2.CC1CCC2(CC1)CCC(C)(C)CC2.CCC.CCC(C)(F)CC.CCC(C)C.CCC(C)C(F)(F)F.CC[C@H](C)CC(F)(F)F.CC[C@H](C)CC(F)(F)F. The van der Waals surface area contributed by atoms with Gasteiger partial charge in [-0.3, -0.25) is 0 Å². The van der Waals surface area contributed by atoms with Gasteiger partial charge >= 0.3 is 24.7 Å². The van der Waals surface area contributed by atoms with Gasteiger partial charge in [0, 0.05) is 31.6 Å². The Kier molecular flexibility index (Phi) is 62.8. The number of alkyl halides is 15. The van der Waals surface area contributed by atoms with E-state index in [0.29, 0.717) is 71.5 Å². The minimum absolute atomic E-state index is 0.105. The maximum atomic E-state index is 12.5. The topological polar surface area (TPSA) is 0 Å². The van der Waals surface area contributed by atoms with E-state index in [1.165, 1.54) is 123 Å². The van der Waals surface area contributed by atoms with Crippen LogP contribution in [0.1, 0.15) is 415 Å². The molecule has 1 unspecified atom stereocenters. The highest BCUT2D eigenvalue weighted by Crippen LogP contribution is 2.60. The van der Waals surface area contributed by atoms with Crippen molar-refractivity contribution in [1.82, 2.24) is 0 Å². The molecule has 0 aromatic rings. The van der Waals surface area contributed by atoms with Gasteiger partial charge in [0.2, 0.25) is 5.92 Å². The molecule has 2 spiro atoms. The lowest BCUT2D eigenvalue weighted by Gasteiger charge is -2.54. The Bertz CT molecular complexity index is 1660.